The van der Waals surface area contributed by atoms with Gasteiger partial charge < -0.3 is 10.5 Å². The van der Waals surface area contributed by atoms with Crippen LogP contribution in [0.15, 0.2) is 22.7 Å². The zero-order valence-electron chi connectivity index (χ0n) is 9.50. The van der Waals surface area contributed by atoms with Crippen LogP contribution >= 0.6 is 15.9 Å². The number of benzene rings is 1. The van der Waals surface area contributed by atoms with Gasteiger partial charge in [0.15, 0.2) is 0 Å². The van der Waals surface area contributed by atoms with Crippen molar-refractivity contribution in [3.05, 3.63) is 33.8 Å². The molecule has 1 aromatic carbocycles. The van der Waals surface area contributed by atoms with Crippen LogP contribution < -0.4 is 5.73 Å². The summed E-state index contributed by atoms with van der Waals surface area (Å²) >= 11 is 3.40. The van der Waals surface area contributed by atoms with Crippen LogP contribution in [-0.2, 0) is 9.53 Å². The van der Waals surface area contributed by atoms with E-state index in [0.717, 1.165) is 15.6 Å². The summed E-state index contributed by atoms with van der Waals surface area (Å²) in [6, 6.07) is 5.85. The van der Waals surface area contributed by atoms with Crippen LogP contribution in [0, 0.1) is 6.92 Å². The Labute approximate surface area is 104 Å². The summed E-state index contributed by atoms with van der Waals surface area (Å²) in [7, 11) is 1.39. The number of esters is 1. The first-order chi connectivity index (χ1) is 7.54. The highest BCUT2D eigenvalue weighted by molar-refractivity contribution is 9.10. The third-order valence-corrected chi connectivity index (χ3v) is 3.01. The van der Waals surface area contributed by atoms with E-state index in [-0.39, 0.29) is 12.0 Å². The number of rotatable bonds is 4. The first-order valence-corrected chi connectivity index (χ1v) is 5.92. The van der Waals surface area contributed by atoms with Crippen LogP contribution in [0.1, 0.15) is 30.0 Å². The molecule has 2 N–H and O–H groups in total. The van der Waals surface area contributed by atoms with E-state index in [1.165, 1.54) is 7.11 Å². The Bertz CT molecular complexity index is 379. The lowest BCUT2D eigenvalue weighted by atomic mass is 9.98. The number of carbonyl (C=O) groups is 1. The summed E-state index contributed by atoms with van der Waals surface area (Å²) in [6.45, 7) is 2.01. The first-order valence-electron chi connectivity index (χ1n) is 5.13. The predicted molar refractivity (Wildman–Crippen MR) is 67.1 cm³/mol. The van der Waals surface area contributed by atoms with Gasteiger partial charge in [-0.25, -0.2) is 0 Å². The SMILES string of the molecule is COC(=O)CCC(N)c1ccc(Br)cc1C. The molecule has 0 spiro atoms. The Kier molecular flexibility index (Phi) is 4.96. The second-order valence-electron chi connectivity index (χ2n) is 3.72. The Morgan fingerprint density at radius 3 is 2.81 bits per heavy atom. The van der Waals surface area contributed by atoms with Crippen molar-refractivity contribution in [1.82, 2.24) is 0 Å². The molecule has 0 amide bonds. The van der Waals surface area contributed by atoms with Crippen LogP contribution in [0.4, 0.5) is 0 Å². The highest BCUT2D eigenvalue weighted by Gasteiger charge is 2.11. The van der Waals surface area contributed by atoms with Crippen molar-refractivity contribution in [2.45, 2.75) is 25.8 Å². The maximum absolute atomic E-state index is 11.0. The maximum atomic E-state index is 11.0. The van der Waals surface area contributed by atoms with Crippen LogP contribution in [0.25, 0.3) is 0 Å². The van der Waals surface area contributed by atoms with Crippen molar-refractivity contribution in [2.24, 2.45) is 5.73 Å². The van der Waals surface area contributed by atoms with E-state index in [1.807, 2.05) is 25.1 Å². The maximum Gasteiger partial charge on any atom is 0.305 e. The molecule has 1 rings (SSSR count). The summed E-state index contributed by atoms with van der Waals surface area (Å²) in [5.74, 6) is -0.217. The van der Waals surface area contributed by atoms with Gasteiger partial charge in [0.05, 0.1) is 7.11 Å². The molecular weight excluding hydrogens is 270 g/mol. The van der Waals surface area contributed by atoms with Gasteiger partial charge in [0.2, 0.25) is 0 Å². The van der Waals surface area contributed by atoms with Crippen molar-refractivity contribution in [3.8, 4) is 0 Å². The van der Waals surface area contributed by atoms with Gasteiger partial charge in [0, 0.05) is 16.9 Å². The summed E-state index contributed by atoms with van der Waals surface area (Å²) in [5.41, 5.74) is 8.23. The number of carbonyl (C=O) groups excluding carboxylic acids is 1. The van der Waals surface area contributed by atoms with E-state index >= 15 is 0 Å². The Balaban J connectivity index is 2.65. The van der Waals surface area contributed by atoms with E-state index in [0.29, 0.717) is 12.8 Å². The van der Waals surface area contributed by atoms with Gasteiger partial charge in [-0.05, 0) is 36.6 Å². The van der Waals surface area contributed by atoms with Crippen molar-refractivity contribution in [1.29, 1.82) is 0 Å². The number of ether oxygens (including phenoxy) is 1. The van der Waals surface area contributed by atoms with E-state index in [2.05, 4.69) is 20.7 Å². The third kappa shape index (κ3) is 3.61. The van der Waals surface area contributed by atoms with Gasteiger partial charge >= 0.3 is 5.97 Å². The summed E-state index contributed by atoms with van der Waals surface area (Å²) in [4.78, 5) is 11.0. The summed E-state index contributed by atoms with van der Waals surface area (Å²) in [5, 5.41) is 0. The van der Waals surface area contributed by atoms with Crippen LogP contribution in [0.3, 0.4) is 0 Å². The van der Waals surface area contributed by atoms with Gasteiger partial charge in [-0.15, -0.1) is 0 Å². The van der Waals surface area contributed by atoms with E-state index in [4.69, 9.17) is 5.73 Å². The highest BCUT2D eigenvalue weighted by atomic mass is 79.9. The molecule has 88 valence electrons. The van der Waals surface area contributed by atoms with Crippen LogP contribution in [-0.4, -0.2) is 13.1 Å². The summed E-state index contributed by atoms with van der Waals surface area (Å²) in [6.07, 6.45) is 0.961. The second kappa shape index (κ2) is 6.01. The zero-order valence-corrected chi connectivity index (χ0v) is 11.1. The van der Waals surface area contributed by atoms with Gasteiger partial charge in [-0.3, -0.25) is 4.79 Å². The monoisotopic (exact) mass is 285 g/mol. The average molecular weight is 286 g/mol. The molecule has 3 nitrogen and oxygen atoms in total. The zero-order chi connectivity index (χ0) is 12.1. The molecule has 0 aliphatic carbocycles. The summed E-state index contributed by atoms with van der Waals surface area (Å²) < 4.78 is 5.62. The lowest BCUT2D eigenvalue weighted by molar-refractivity contribution is -0.140. The Morgan fingerprint density at radius 1 is 1.56 bits per heavy atom. The molecule has 4 heteroatoms. The fraction of sp³-hybridized carbons (Fsp3) is 0.417. The molecule has 0 aliphatic rings. The Hall–Kier alpha value is -0.870. The number of nitrogens with two attached hydrogens (primary N) is 1. The van der Waals surface area contributed by atoms with Gasteiger partial charge in [-0.2, -0.15) is 0 Å². The molecule has 0 bridgehead atoms. The average Bonchev–Trinajstić information content (AvgIpc) is 2.25. The molecule has 0 radical (unpaired) electrons. The molecule has 0 saturated heterocycles. The van der Waals surface area contributed by atoms with Gasteiger partial charge in [-0.1, -0.05) is 22.0 Å². The molecule has 0 aliphatic heterocycles. The van der Waals surface area contributed by atoms with Crippen molar-refractivity contribution in [3.63, 3.8) is 0 Å². The van der Waals surface area contributed by atoms with Gasteiger partial charge in [0.25, 0.3) is 0 Å². The lowest BCUT2D eigenvalue weighted by Crippen LogP contribution is -2.14. The molecule has 1 aromatic rings. The fourth-order valence-electron chi connectivity index (χ4n) is 1.59. The topological polar surface area (TPSA) is 52.3 Å². The van der Waals surface area contributed by atoms with E-state index < -0.39 is 0 Å². The lowest BCUT2D eigenvalue weighted by Gasteiger charge is -2.14. The van der Waals surface area contributed by atoms with Gasteiger partial charge in [0.1, 0.15) is 0 Å². The smallest absolute Gasteiger partial charge is 0.305 e. The highest BCUT2D eigenvalue weighted by Crippen LogP contribution is 2.23. The van der Waals surface area contributed by atoms with Crippen molar-refractivity contribution < 1.29 is 9.53 Å². The number of methoxy groups -OCH3 is 1. The van der Waals surface area contributed by atoms with Crippen molar-refractivity contribution >= 4 is 21.9 Å². The number of hydrogen-bond acceptors (Lipinski definition) is 3. The van der Waals surface area contributed by atoms with E-state index in [1.54, 1.807) is 0 Å². The minimum absolute atomic E-state index is 0.118. The predicted octanol–water partition coefficient (Wildman–Crippen LogP) is 2.71. The largest absolute Gasteiger partial charge is 0.469 e. The molecular formula is C12H16BrNO2. The quantitative estimate of drug-likeness (QED) is 0.866. The molecule has 0 saturated carbocycles. The molecule has 16 heavy (non-hydrogen) atoms. The third-order valence-electron chi connectivity index (χ3n) is 2.52. The second-order valence-corrected chi connectivity index (χ2v) is 4.64. The molecule has 0 heterocycles. The first kappa shape index (κ1) is 13.2. The number of halogens is 1. The van der Waals surface area contributed by atoms with E-state index in [9.17, 15) is 4.79 Å². The normalized spacial score (nSPS) is 12.2. The van der Waals surface area contributed by atoms with Crippen molar-refractivity contribution in [2.75, 3.05) is 7.11 Å². The Morgan fingerprint density at radius 2 is 2.25 bits per heavy atom. The standard InChI is InChI=1S/C12H16BrNO2/c1-8-7-9(13)3-4-10(8)11(14)5-6-12(15)16-2/h3-4,7,11H,5-6,14H2,1-2H3. The molecule has 0 fully saturated rings. The van der Waals surface area contributed by atoms with Crippen LogP contribution in [0.2, 0.25) is 0 Å². The molecule has 1 unspecified atom stereocenters. The molecule has 0 aromatic heterocycles. The fourth-order valence-corrected chi connectivity index (χ4v) is 2.06. The van der Waals surface area contributed by atoms with Crippen LogP contribution in [0.5, 0.6) is 0 Å². The molecule has 1 atom stereocenters. The minimum atomic E-state index is -0.217. The number of hydrogen-bond donors (Lipinski definition) is 1. The number of aryl methyl sites for hydroxylation is 1. The minimum Gasteiger partial charge on any atom is -0.469 e.